The second-order valence-corrected chi connectivity index (χ2v) is 7.09. The summed E-state index contributed by atoms with van der Waals surface area (Å²) in [6, 6.07) is 6.30. The van der Waals surface area contributed by atoms with Gasteiger partial charge in [-0.1, -0.05) is 12.5 Å². The van der Waals surface area contributed by atoms with Gasteiger partial charge in [0.2, 0.25) is 5.91 Å². The largest absolute Gasteiger partial charge is 0.490 e. The van der Waals surface area contributed by atoms with Crippen LogP contribution in [0.2, 0.25) is 0 Å². The third kappa shape index (κ3) is 3.69. The zero-order valence-electron chi connectivity index (χ0n) is 14.3. The third-order valence-electron chi connectivity index (χ3n) is 5.42. The predicted molar refractivity (Wildman–Crippen MR) is 91.5 cm³/mol. The molecule has 2 fully saturated rings. The molecule has 0 bridgehead atoms. The Morgan fingerprint density at radius 1 is 1.13 bits per heavy atom. The number of aryl methyl sites for hydroxylation is 2. The van der Waals surface area contributed by atoms with Gasteiger partial charge in [-0.25, -0.2) is 0 Å². The summed E-state index contributed by atoms with van der Waals surface area (Å²) in [6.07, 6.45) is 5.05. The van der Waals surface area contributed by atoms with Crippen molar-refractivity contribution >= 4 is 5.91 Å². The molecule has 1 aliphatic heterocycles. The second-order valence-electron chi connectivity index (χ2n) is 7.09. The molecule has 0 aromatic heterocycles. The number of carbonyl (C=O) groups excluding carboxylic acids is 1. The minimum Gasteiger partial charge on any atom is -0.490 e. The standard InChI is InChI=1S/C19H28N2O2/c1-13-6-7-16(12-14(13)2)23-15-8-10-21(11-9-15)19(22)17-4-3-5-18(17)20/h6-7,12,15,17-18H,3-5,8-11,20H2,1-2H3. The molecule has 1 amide bonds. The normalized spacial score (nSPS) is 25.6. The quantitative estimate of drug-likeness (QED) is 0.933. The zero-order valence-corrected chi connectivity index (χ0v) is 14.3. The highest BCUT2D eigenvalue weighted by Gasteiger charge is 2.35. The molecular weight excluding hydrogens is 288 g/mol. The number of ether oxygens (including phenoxy) is 1. The van der Waals surface area contributed by atoms with Crippen molar-refractivity contribution in [3.05, 3.63) is 29.3 Å². The highest BCUT2D eigenvalue weighted by atomic mass is 16.5. The molecule has 1 saturated carbocycles. The second kappa shape index (κ2) is 6.91. The van der Waals surface area contributed by atoms with E-state index in [9.17, 15) is 4.79 Å². The Morgan fingerprint density at radius 3 is 2.48 bits per heavy atom. The maximum absolute atomic E-state index is 12.6. The van der Waals surface area contributed by atoms with Crippen molar-refractivity contribution in [1.29, 1.82) is 0 Å². The van der Waals surface area contributed by atoms with Crippen LogP contribution in [0.4, 0.5) is 0 Å². The van der Waals surface area contributed by atoms with Crippen LogP contribution in [0.15, 0.2) is 18.2 Å². The highest BCUT2D eigenvalue weighted by molar-refractivity contribution is 5.80. The first-order valence-electron chi connectivity index (χ1n) is 8.83. The lowest BCUT2D eigenvalue weighted by Gasteiger charge is -2.34. The van der Waals surface area contributed by atoms with Gasteiger partial charge in [0.05, 0.1) is 5.92 Å². The first kappa shape index (κ1) is 16.3. The number of carbonyl (C=O) groups is 1. The summed E-state index contributed by atoms with van der Waals surface area (Å²) in [4.78, 5) is 14.6. The van der Waals surface area contributed by atoms with Crippen LogP contribution in [-0.4, -0.2) is 36.0 Å². The molecule has 3 rings (SSSR count). The van der Waals surface area contributed by atoms with E-state index < -0.39 is 0 Å². The lowest BCUT2D eigenvalue weighted by Crippen LogP contribution is -2.47. The lowest BCUT2D eigenvalue weighted by molar-refractivity contribution is -0.137. The van der Waals surface area contributed by atoms with Crippen LogP contribution in [0.1, 0.15) is 43.2 Å². The van der Waals surface area contributed by atoms with Crippen molar-refractivity contribution in [2.45, 2.75) is 58.1 Å². The van der Waals surface area contributed by atoms with Crippen molar-refractivity contribution < 1.29 is 9.53 Å². The monoisotopic (exact) mass is 316 g/mol. The van der Waals surface area contributed by atoms with Gasteiger partial charge in [0, 0.05) is 32.0 Å². The molecule has 1 heterocycles. The van der Waals surface area contributed by atoms with Gasteiger partial charge < -0.3 is 15.4 Å². The fraction of sp³-hybridized carbons (Fsp3) is 0.632. The van der Waals surface area contributed by atoms with Gasteiger partial charge in [-0.2, -0.15) is 0 Å². The smallest absolute Gasteiger partial charge is 0.227 e. The average molecular weight is 316 g/mol. The van der Waals surface area contributed by atoms with E-state index >= 15 is 0 Å². The number of nitrogens with two attached hydrogens (primary N) is 1. The number of hydrogen-bond acceptors (Lipinski definition) is 3. The van der Waals surface area contributed by atoms with Gasteiger partial charge in [-0.05, 0) is 49.9 Å². The first-order chi connectivity index (χ1) is 11.0. The Balaban J connectivity index is 1.52. The predicted octanol–water partition coefficient (Wildman–Crippen LogP) is 2.80. The summed E-state index contributed by atoms with van der Waals surface area (Å²) < 4.78 is 6.10. The Labute approximate surface area is 139 Å². The molecule has 0 spiro atoms. The Kier molecular flexibility index (Phi) is 4.90. The molecular formula is C19H28N2O2. The van der Waals surface area contributed by atoms with Crippen LogP contribution in [0.5, 0.6) is 5.75 Å². The SMILES string of the molecule is Cc1ccc(OC2CCN(C(=O)C3CCCC3N)CC2)cc1C. The summed E-state index contributed by atoms with van der Waals surface area (Å²) in [7, 11) is 0. The Bertz CT molecular complexity index is 564. The van der Waals surface area contributed by atoms with Crippen LogP contribution in [0.25, 0.3) is 0 Å². The highest BCUT2D eigenvalue weighted by Crippen LogP contribution is 2.28. The molecule has 2 unspecified atom stereocenters. The summed E-state index contributed by atoms with van der Waals surface area (Å²) in [6.45, 7) is 5.79. The van der Waals surface area contributed by atoms with E-state index in [2.05, 4.69) is 26.0 Å². The molecule has 2 N–H and O–H groups in total. The number of benzene rings is 1. The molecule has 4 nitrogen and oxygen atoms in total. The molecule has 23 heavy (non-hydrogen) atoms. The molecule has 1 aromatic carbocycles. The van der Waals surface area contributed by atoms with E-state index in [4.69, 9.17) is 10.5 Å². The van der Waals surface area contributed by atoms with Gasteiger partial charge >= 0.3 is 0 Å². The van der Waals surface area contributed by atoms with Gasteiger partial charge in [0.15, 0.2) is 0 Å². The van der Waals surface area contributed by atoms with Crippen LogP contribution < -0.4 is 10.5 Å². The van der Waals surface area contributed by atoms with Crippen molar-refractivity contribution in [2.24, 2.45) is 11.7 Å². The number of hydrogen-bond donors (Lipinski definition) is 1. The fourth-order valence-electron chi connectivity index (χ4n) is 3.70. The molecule has 0 radical (unpaired) electrons. The van der Waals surface area contributed by atoms with Gasteiger partial charge in [-0.15, -0.1) is 0 Å². The minimum atomic E-state index is 0.0483. The maximum atomic E-state index is 12.6. The fourth-order valence-corrected chi connectivity index (χ4v) is 3.70. The molecule has 1 saturated heterocycles. The molecule has 2 aliphatic rings. The summed E-state index contributed by atoms with van der Waals surface area (Å²) in [5.41, 5.74) is 8.61. The summed E-state index contributed by atoms with van der Waals surface area (Å²) >= 11 is 0. The minimum absolute atomic E-state index is 0.0483. The number of rotatable bonds is 3. The number of likely N-dealkylation sites (tertiary alicyclic amines) is 1. The maximum Gasteiger partial charge on any atom is 0.227 e. The van der Waals surface area contributed by atoms with Crippen molar-refractivity contribution in [2.75, 3.05) is 13.1 Å². The Morgan fingerprint density at radius 2 is 1.87 bits per heavy atom. The number of nitrogens with zero attached hydrogens (tertiary/aromatic N) is 1. The number of amides is 1. The molecule has 1 aromatic rings. The van der Waals surface area contributed by atoms with E-state index in [1.165, 1.54) is 11.1 Å². The van der Waals surface area contributed by atoms with Crippen molar-refractivity contribution in [3.63, 3.8) is 0 Å². The molecule has 126 valence electrons. The van der Waals surface area contributed by atoms with Gasteiger partial charge in [0.1, 0.15) is 11.9 Å². The van der Waals surface area contributed by atoms with Crippen molar-refractivity contribution in [1.82, 2.24) is 4.90 Å². The molecule has 4 heteroatoms. The lowest BCUT2D eigenvalue weighted by atomic mass is 10.00. The van der Waals surface area contributed by atoms with Crippen LogP contribution in [-0.2, 0) is 4.79 Å². The van der Waals surface area contributed by atoms with Crippen molar-refractivity contribution in [3.8, 4) is 5.75 Å². The van der Waals surface area contributed by atoms with Crippen LogP contribution in [0, 0.1) is 19.8 Å². The van der Waals surface area contributed by atoms with Crippen LogP contribution in [0.3, 0.4) is 0 Å². The number of piperidine rings is 1. The molecule has 2 atom stereocenters. The van der Waals surface area contributed by atoms with E-state index in [1.807, 2.05) is 11.0 Å². The first-order valence-corrected chi connectivity index (χ1v) is 8.83. The third-order valence-corrected chi connectivity index (χ3v) is 5.42. The van der Waals surface area contributed by atoms with Crippen LogP contribution >= 0.6 is 0 Å². The Hall–Kier alpha value is -1.55. The van der Waals surface area contributed by atoms with E-state index in [0.717, 1.165) is 50.9 Å². The molecule has 1 aliphatic carbocycles. The van der Waals surface area contributed by atoms with Gasteiger partial charge in [0.25, 0.3) is 0 Å². The summed E-state index contributed by atoms with van der Waals surface area (Å²) in [5.74, 6) is 1.25. The van der Waals surface area contributed by atoms with E-state index in [0.29, 0.717) is 0 Å². The average Bonchev–Trinajstić information content (AvgIpc) is 2.97. The zero-order chi connectivity index (χ0) is 16.4. The summed E-state index contributed by atoms with van der Waals surface area (Å²) in [5, 5.41) is 0. The topological polar surface area (TPSA) is 55.6 Å². The van der Waals surface area contributed by atoms with E-state index in [-0.39, 0.29) is 24.0 Å². The van der Waals surface area contributed by atoms with Gasteiger partial charge in [-0.3, -0.25) is 4.79 Å². The van der Waals surface area contributed by atoms with E-state index in [1.54, 1.807) is 0 Å².